The van der Waals surface area contributed by atoms with Crippen molar-refractivity contribution in [2.45, 2.75) is 25.3 Å². The third kappa shape index (κ3) is 3.10. The lowest BCUT2D eigenvalue weighted by molar-refractivity contribution is 0.0610. The van der Waals surface area contributed by atoms with Crippen molar-refractivity contribution >= 4 is 39.1 Å². The summed E-state index contributed by atoms with van der Waals surface area (Å²) in [6, 6.07) is 11.5. The summed E-state index contributed by atoms with van der Waals surface area (Å²) in [6.07, 6.45) is 3.00. The number of nitrogens with zero attached hydrogens (tertiary/aromatic N) is 2. The van der Waals surface area contributed by atoms with E-state index in [1.807, 2.05) is 23.1 Å². The monoisotopic (exact) mass is 414 g/mol. The van der Waals surface area contributed by atoms with E-state index in [0.29, 0.717) is 41.8 Å². The maximum absolute atomic E-state index is 13.4. The zero-order valence-electron chi connectivity index (χ0n) is 15.2. The zero-order valence-corrected chi connectivity index (χ0v) is 16.8. The van der Waals surface area contributed by atoms with E-state index in [1.165, 1.54) is 0 Å². The molecule has 3 heterocycles. The van der Waals surface area contributed by atoms with E-state index < -0.39 is 0 Å². The Morgan fingerprint density at radius 3 is 2.93 bits per heavy atom. The Kier molecular flexibility index (Phi) is 4.61. The van der Waals surface area contributed by atoms with Crippen LogP contribution in [0.3, 0.4) is 0 Å². The Morgan fingerprint density at radius 2 is 2.04 bits per heavy atom. The van der Waals surface area contributed by atoms with Crippen molar-refractivity contribution in [1.29, 1.82) is 0 Å². The number of piperidine rings is 1. The number of halogens is 1. The number of carbonyl (C=O) groups excluding carboxylic acids is 1. The number of fused-ring (bicyclic) bond motifs is 2. The molecule has 0 spiro atoms. The molecule has 3 aromatic rings. The van der Waals surface area contributed by atoms with E-state index in [1.54, 1.807) is 23.5 Å². The fourth-order valence-corrected chi connectivity index (χ4v) is 5.24. The molecule has 1 amide bonds. The molecule has 0 saturated carbocycles. The van der Waals surface area contributed by atoms with E-state index >= 15 is 0 Å². The van der Waals surface area contributed by atoms with E-state index in [-0.39, 0.29) is 11.9 Å². The minimum absolute atomic E-state index is 0.00868. The number of hydrogen-bond donors (Lipinski definition) is 0. The average Bonchev–Trinajstić information content (AvgIpc) is 3.17. The number of thiazole rings is 1. The summed E-state index contributed by atoms with van der Waals surface area (Å²) in [5, 5.41) is 1.41. The summed E-state index contributed by atoms with van der Waals surface area (Å²) in [7, 11) is 0. The van der Waals surface area contributed by atoms with Crippen LogP contribution in [0.2, 0.25) is 5.02 Å². The van der Waals surface area contributed by atoms with Crippen LogP contribution in [-0.4, -0.2) is 35.5 Å². The number of rotatable bonds is 2. The first-order valence-corrected chi connectivity index (χ1v) is 10.7. The molecule has 0 N–H and O–H groups in total. The summed E-state index contributed by atoms with van der Waals surface area (Å²) in [5.74, 6) is 1.02. The van der Waals surface area contributed by atoms with Crippen LogP contribution in [-0.2, 0) is 0 Å². The number of hydrogen-bond acceptors (Lipinski definition) is 5. The summed E-state index contributed by atoms with van der Waals surface area (Å²) < 4.78 is 12.4. The van der Waals surface area contributed by atoms with Crippen LogP contribution in [0.4, 0.5) is 0 Å². The third-order valence-electron chi connectivity index (χ3n) is 5.20. The number of carbonyl (C=O) groups is 1. The van der Waals surface area contributed by atoms with Gasteiger partial charge in [0.25, 0.3) is 5.91 Å². The van der Waals surface area contributed by atoms with Gasteiger partial charge in [0.2, 0.25) is 0 Å². The molecule has 0 radical (unpaired) electrons. The molecule has 1 fully saturated rings. The normalized spacial score (nSPS) is 19.0. The minimum atomic E-state index is -0.0390. The van der Waals surface area contributed by atoms with E-state index in [0.717, 1.165) is 34.5 Å². The third-order valence-corrected chi connectivity index (χ3v) is 6.62. The van der Waals surface area contributed by atoms with Gasteiger partial charge in [0, 0.05) is 12.1 Å². The average molecular weight is 415 g/mol. The fourth-order valence-electron chi connectivity index (χ4n) is 3.86. The molecule has 2 aromatic carbocycles. The number of aromatic nitrogens is 1. The molecule has 1 saturated heterocycles. The first-order valence-electron chi connectivity index (χ1n) is 9.46. The van der Waals surface area contributed by atoms with Gasteiger partial charge < -0.3 is 14.4 Å². The molecule has 7 heteroatoms. The van der Waals surface area contributed by atoms with Gasteiger partial charge in [0.05, 0.1) is 21.3 Å². The summed E-state index contributed by atoms with van der Waals surface area (Å²) in [6.45, 7) is 1.64. The van der Waals surface area contributed by atoms with Crippen LogP contribution in [0.5, 0.6) is 11.5 Å². The Bertz CT molecular complexity index is 1020. The fraction of sp³-hybridized carbons (Fsp3) is 0.333. The van der Waals surface area contributed by atoms with E-state index in [2.05, 4.69) is 6.07 Å². The standard InChI is InChI=1S/C21H19ClN2O3S/c22-14-11-13(12-17-19(14)27-10-9-26-17)21(25)24-8-4-3-6-16(24)20-23-15-5-1-2-7-18(15)28-20/h1-2,5,7,11-12,16H,3-4,6,8-10H2. The predicted octanol–water partition coefficient (Wildman–Crippen LogP) is 5.09. The number of ether oxygens (including phenoxy) is 2. The molecule has 2 aliphatic heterocycles. The molecule has 1 unspecified atom stereocenters. The second kappa shape index (κ2) is 7.26. The van der Waals surface area contributed by atoms with Crippen LogP contribution < -0.4 is 9.47 Å². The molecule has 144 valence electrons. The molecule has 28 heavy (non-hydrogen) atoms. The second-order valence-electron chi connectivity index (χ2n) is 7.01. The van der Waals surface area contributed by atoms with E-state index in [9.17, 15) is 4.79 Å². The SMILES string of the molecule is O=C(c1cc(Cl)c2c(c1)OCCO2)N1CCCCC1c1nc2ccccc2s1. The van der Waals surface area contributed by atoms with Gasteiger partial charge in [0.1, 0.15) is 18.2 Å². The lowest BCUT2D eigenvalue weighted by Crippen LogP contribution is -2.38. The van der Waals surface area contributed by atoms with E-state index in [4.69, 9.17) is 26.1 Å². The van der Waals surface area contributed by atoms with Gasteiger partial charge in [-0.3, -0.25) is 4.79 Å². The maximum atomic E-state index is 13.4. The molecular weight excluding hydrogens is 396 g/mol. The van der Waals surface area contributed by atoms with Crippen LogP contribution >= 0.6 is 22.9 Å². The maximum Gasteiger partial charge on any atom is 0.254 e. The highest BCUT2D eigenvalue weighted by atomic mass is 35.5. The van der Waals surface area contributed by atoms with Crippen molar-refractivity contribution in [3.8, 4) is 11.5 Å². The van der Waals surface area contributed by atoms with Crippen LogP contribution in [0, 0.1) is 0 Å². The predicted molar refractivity (Wildman–Crippen MR) is 110 cm³/mol. The Morgan fingerprint density at radius 1 is 1.18 bits per heavy atom. The van der Waals surface area contributed by atoms with Crippen LogP contribution in [0.25, 0.3) is 10.2 Å². The Hall–Kier alpha value is -2.31. The molecule has 1 aromatic heterocycles. The zero-order chi connectivity index (χ0) is 19.1. The Labute approximate surface area is 171 Å². The lowest BCUT2D eigenvalue weighted by Gasteiger charge is -2.35. The molecule has 0 bridgehead atoms. The lowest BCUT2D eigenvalue weighted by atomic mass is 10.0. The molecule has 2 aliphatic rings. The molecule has 1 atom stereocenters. The van der Waals surface area contributed by atoms with Crippen molar-refractivity contribution < 1.29 is 14.3 Å². The van der Waals surface area contributed by atoms with Crippen molar-refractivity contribution in [3.05, 3.63) is 52.0 Å². The molecule has 5 rings (SSSR count). The van der Waals surface area contributed by atoms with Gasteiger partial charge in [-0.15, -0.1) is 11.3 Å². The van der Waals surface area contributed by atoms with Gasteiger partial charge in [-0.1, -0.05) is 23.7 Å². The highest BCUT2D eigenvalue weighted by molar-refractivity contribution is 7.18. The first kappa shape index (κ1) is 17.8. The van der Waals surface area contributed by atoms with Gasteiger partial charge in [0.15, 0.2) is 11.5 Å². The van der Waals surface area contributed by atoms with Crippen molar-refractivity contribution in [2.75, 3.05) is 19.8 Å². The van der Waals surface area contributed by atoms with Crippen LogP contribution in [0.1, 0.15) is 40.7 Å². The number of likely N-dealkylation sites (tertiary alicyclic amines) is 1. The number of para-hydroxylation sites is 1. The van der Waals surface area contributed by atoms with Gasteiger partial charge >= 0.3 is 0 Å². The van der Waals surface area contributed by atoms with Crippen molar-refractivity contribution in [2.24, 2.45) is 0 Å². The summed E-state index contributed by atoms with van der Waals surface area (Å²) in [5.41, 5.74) is 1.52. The topological polar surface area (TPSA) is 51.7 Å². The smallest absolute Gasteiger partial charge is 0.254 e. The van der Waals surface area contributed by atoms with Crippen LogP contribution in [0.15, 0.2) is 36.4 Å². The highest BCUT2D eigenvalue weighted by Gasteiger charge is 2.32. The summed E-state index contributed by atoms with van der Waals surface area (Å²) in [4.78, 5) is 20.1. The molecular formula is C21H19ClN2O3S. The molecule has 0 aliphatic carbocycles. The van der Waals surface area contributed by atoms with Crippen molar-refractivity contribution in [1.82, 2.24) is 9.88 Å². The Balaban J connectivity index is 1.49. The summed E-state index contributed by atoms with van der Waals surface area (Å²) >= 11 is 8.02. The van der Waals surface area contributed by atoms with Gasteiger partial charge in [-0.05, 0) is 43.5 Å². The number of benzene rings is 2. The first-order chi connectivity index (χ1) is 13.7. The minimum Gasteiger partial charge on any atom is -0.486 e. The molecule has 5 nitrogen and oxygen atoms in total. The quantitative estimate of drug-likeness (QED) is 0.586. The second-order valence-corrected chi connectivity index (χ2v) is 8.48. The van der Waals surface area contributed by atoms with Crippen molar-refractivity contribution in [3.63, 3.8) is 0 Å². The number of amides is 1. The van der Waals surface area contributed by atoms with Gasteiger partial charge in [-0.25, -0.2) is 4.98 Å². The highest BCUT2D eigenvalue weighted by Crippen LogP contribution is 2.40. The largest absolute Gasteiger partial charge is 0.486 e. The van der Waals surface area contributed by atoms with Gasteiger partial charge in [-0.2, -0.15) is 0 Å².